The summed E-state index contributed by atoms with van der Waals surface area (Å²) in [4.78, 5) is 16.5. The van der Waals surface area contributed by atoms with E-state index in [-0.39, 0.29) is 11.9 Å². The summed E-state index contributed by atoms with van der Waals surface area (Å²) >= 11 is 0. The molecule has 2 N–H and O–H groups in total. The van der Waals surface area contributed by atoms with E-state index >= 15 is 0 Å². The van der Waals surface area contributed by atoms with Crippen LogP contribution in [0.3, 0.4) is 0 Å². The van der Waals surface area contributed by atoms with Crippen molar-refractivity contribution in [3.05, 3.63) is 47.7 Å². The molecule has 0 saturated carbocycles. The van der Waals surface area contributed by atoms with Crippen LogP contribution < -0.4 is 10.6 Å². The third-order valence-corrected chi connectivity index (χ3v) is 3.71. The second-order valence-electron chi connectivity index (χ2n) is 5.23. The monoisotopic (exact) mass is 285 g/mol. The Bertz CT molecular complexity index is 630. The molecule has 21 heavy (non-hydrogen) atoms. The number of carbonyl (C=O) groups excluding carboxylic acids is 1. The molecule has 1 saturated heterocycles. The molecule has 0 spiro atoms. The second-order valence-corrected chi connectivity index (χ2v) is 5.23. The van der Waals surface area contributed by atoms with E-state index in [1.807, 2.05) is 24.3 Å². The Morgan fingerprint density at radius 1 is 1.52 bits per heavy atom. The summed E-state index contributed by atoms with van der Waals surface area (Å²) < 4.78 is 5.42. The molecule has 0 radical (unpaired) electrons. The van der Waals surface area contributed by atoms with Crippen LogP contribution in [0.25, 0.3) is 0 Å². The molecule has 5 nitrogen and oxygen atoms in total. The highest BCUT2D eigenvalue weighted by atomic mass is 16.3. The van der Waals surface area contributed by atoms with Gasteiger partial charge in [-0.3, -0.25) is 4.79 Å². The fourth-order valence-electron chi connectivity index (χ4n) is 2.51. The topological polar surface area (TPSA) is 67.2 Å². The quantitative estimate of drug-likeness (QED) is 0.906. The molecule has 110 valence electrons. The molecular formula is C16H19N3O2. The smallest absolute Gasteiger partial charge is 0.277 e. The van der Waals surface area contributed by atoms with Crippen LogP contribution in [0.15, 0.2) is 34.9 Å². The van der Waals surface area contributed by atoms with Crippen molar-refractivity contribution in [2.75, 3.05) is 11.9 Å². The van der Waals surface area contributed by atoms with Crippen molar-refractivity contribution in [3.8, 4) is 0 Å². The molecule has 1 aromatic carbocycles. The number of hydrogen-bond acceptors (Lipinski definition) is 4. The Balaban J connectivity index is 1.70. The molecule has 3 rings (SSSR count). The highest BCUT2D eigenvalue weighted by molar-refractivity contribution is 6.02. The predicted octanol–water partition coefficient (Wildman–Crippen LogP) is 2.91. The van der Waals surface area contributed by atoms with E-state index in [2.05, 4.69) is 22.5 Å². The summed E-state index contributed by atoms with van der Waals surface area (Å²) in [5, 5.41) is 6.16. The zero-order valence-electron chi connectivity index (χ0n) is 12.1. The molecule has 1 aliphatic heterocycles. The van der Waals surface area contributed by atoms with Crippen molar-refractivity contribution < 1.29 is 9.21 Å². The minimum atomic E-state index is -0.240. The lowest BCUT2D eigenvalue weighted by atomic mass is 10.1. The fourth-order valence-corrected chi connectivity index (χ4v) is 2.51. The first kappa shape index (κ1) is 13.8. The van der Waals surface area contributed by atoms with Gasteiger partial charge in [-0.25, -0.2) is 4.98 Å². The molecule has 1 amide bonds. The van der Waals surface area contributed by atoms with Crippen LogP contribution in [0, 0.1) is 0 Å². The summed E-state index contributed by atoms with van der Waals surface area (Å²) in [6, 6.07) is 7.95. The van der Waals surface area contributed by atoms with Gasteiger partial charge >= 0.3 is 0 Å². The first-order valence-corrected chi connectivity index (χ1v) is 7.35. The first-order valence-electron chi connectivity index (χ1n) is 7.35. The van der Waals surface area contributed by atoms with Crippen LogP contribution >= 0.6 is 0 Å². The van der Waals surface area contributed by atoms with Gasteiger partial charge in [-0.2, -0.15) is 0 Å². The van der Waals surface area contributed by atoms with Crippen molar-refractivity contribution in [1.82, 2.24) is 10.3 Å². The molecule has 2 aromatic rings. The zero-order chi connectivity index (χ0) is 14.7. The van der Waals surface area contributed by atoms with E-state index in [0.29, 0.717) is 11.6 Å². The van der Waals surface area contributed by atoms with E-state index in [1.54, 1.807) is 0 Å². The van der Waals surface area contributed by atoms with Crippen molar-refractivity contribution >= 4 is 11.6 Å². The number of amides is 1. The lowest BCUT2D eigenvalue weighted by Crippen LogP contribution is -2.15. The van der Waals surface area contributed by atoms with E-state index in [9.17, 15) is 4.79 Å². The van der Waals surface area contributed by atoms with Gasteiger partial charge in [0.15, 0.2) is 5.69 Å². The van der Waals surface area contributed by atoms with Gasteiger partial charge in [0, 0.05) is 5.69 Å². The van der Waals surface area contributed by atoms with Gasteiger partial charge in [0.2, 0.25) is 5.89 Å². The maximum absolute atomic E-state index is 12.2. The molecule has 1 aromatic heterocycles. The molecule has 1 aliphatic rings. The lowest BCUT2D eigenvalue weighted by Gasteiger charge is -2.05. The van der Waals surface area contributed by atoms with Crippen molar-refractivity contribution in [2.45, 2.75) is 32.2 Å². The van der Waals surface area contributed by atoms with Crippen LogP contribution in [0.4, 0.5) is 5.69 Å². The number of carbonyl (C=O) groups is 1. The number of benzene rings is 1. The van der Waals surface area contributed by atoms with Gasteiger partial charge in [-0.05, 0) is 43.5 Å². The number of nitrogens with zero attached hydrogens (tertiary/aromatic N) is 1. The molecule has 0 bridgehead atoms. The Morgan fingerprint density at radius 2 is 2.43 bits per heavy atom. The number of rotatable bonds is 4. The minimum absolute atomic E-state index is 0.134. The summed E-state index contributed by atoms with van der Waals surface area (Å²) in [5.74, 6) is 0.358. The van der Waals surface area contributed by atoms with E-state index in [0.717, 1.165) is 31.5 Å². The van der Waals surface area contributed by atoms with Gasteiger partial charge in [-0.1, -0.05) is 19.1 Å². The summed E-state index contributed by atoms with van der Waals surface area (Å²) in [7, 11) is 0. The number of aryl methyl sites for hydroxylation is 1. The van der Waals surface area contributed by atoms with Gasteiger partial charge in [0.05, 0.1) is 6.04 Å². The van der Waals surface area contributed by atoms with Crippen molar-refractivity contribution in [3.63, 3.8) is 0 Å². The largest absolute Gasteiger partial charge is 0.446 e. The third kappa shape index (κ3) is 3.13. The van der Waals surface area contributed by atoms with Gasteiger partial charge in [-0.15, -0.1) is 0 Å². The average molecular weight is 285 g/mol. The summed E-state index contributed by atoms with van der Waals surface area (Å²) in [6.45, 7) is 3.05. The predicted molar refractivity (Wildman–Crippen MR) is 80.3 cm³/mol. The van der Waals surface area contributed by atoms with Crippen LogP contribution in [0.1, 0.15) is 47.7 Å². The standard InChI is InChI=1S/C16H19N3O2/c1-2-11-5-3-6-12(9-11)18-15(20)14-10-21-16(19-14)13-7-4-8-17-13/h3,5-6,9-10,13,17H,2,4,7-8H2,1H3,(H,18,20). The van der Waals surface area contributed by atoms with E-state index in [4.69, 9.17) is 4.42 Å². The van der Waals surface area contributed by atoms with Gasteiger partial charge < -0.3 is 15.1 Å². The third-order valence-electron chi connectivity index (χ3n) is 3.71. The highest BCUT2D eigenvalue weighted by Crippen LogP contribution is 2.22. The van der Waals surface area contributed by atoms with Crippen molar-refractivity contribution in [1.29, 1.82) is 0 Å². The van der Waals surface area contributed by atoms with E-state index in [1.165, 1.54) is 11.8 Å². The number of nitrogens with one attached hydrogen (secondary N) is 2. The Morgan fingerprint density at radius 3 is 3.19 bits per heavy atom. The van der Waals surface area contributed by atoms with E-state index < -0.39 is 0 Å². The Hall–Kier alpha value is -2.14. The Kier molecular flexibility index (Phi) is 4.01. The molecule has 1 atom stereocenters. The molecule has 5 heteroatoms. The second kappa shape index (κ2) is 6.10. The molecule has 1 fully saturated rings. The first-order chi connectivity index (χ1) is 10.3. The van der Waals surface area contributed by atoms with Gasteiger partial charge in [0.25, 0.3) is 5.91 Å². The van der Waals surface area contributed by atoms with Crippen LogP contribution in [-0.4, -0.2) is 17.4 Å². The van der Waals surface area contributed by atoms with Crippen LogP contribution in [0.5, 0.6) is 0 Å². The number of anilines is 1. The summed E-state index contributed by atoms with van der Waals surface area (Å²) in [5.41, 5.74) is 2.28. The fraction of sp³-hybridized carbons (Fsp3) is 0.375. The number of oxazole rings is 1. The number of aromatic nitrogens is 1. The SMILES string of the molecule is CCc1cccc(NC(=O)c2coc(C3CCCN3)n2)c1. The molecule has 0 aliphatic carbocycles. The maximum atomic E-state index is 12.2. The van der Waals surface area contributed by atoms with Crippen molar-refractivity contribution in [2.24, 2.45) is 0 Å². The van der Waals surface area contributed by atoms with Crippen LogP contribution in [-0.2, 0) is 6.42 Å². The lowest BCUT2D eigenvalue weighted by molar-refractivity contribution is 0.102. The van der Waals surface area contributed by atoms with Gasteiger partial charge in [0.1, 0.15) is 6.26 Å². The minimum Gasteiger partial charge on any atom is -0.446 e. The Labute approximate surface area is 123 Å². The highest BCUT2D eigenvalue weighted by Gasteiger charge is 2.22. The molecule has 2 heterocycles. The average Bonchev–Trinajstić information content (AvgIpc) is 3.18. The zero-order valence-corrected chi connectivity index (χ0v) is 12.1. The molecular weight excluding hydrogens is 266 g/mol. The normalized spacial score (nSPS) is 17.9. The maximum Gasteiger partial charge on any atom is 0.277 e. The summed E-state index contributed by atoms with van der Waals surface area (Å²) in [6.07, 6.45) is 4.47. The van der Waals surface area contributed by atoms with Crippen LogP contribution in [0.2, 0.25) is 0 Å². The number of hydrogen-bond donors (Lipinski definition) is 2. The molecule has 1 unspecified atom stereocenters.